The van der Waals surface area contributed by atoms with Gasteiger partial charge in [0, 0.05) is 0 Å². The first kappa shape index (κ1) is 13.0. The van der Waals surface area contributed by atoms with Crippen LogP contribution in [0, 0.1) is 0 Å². The van der Waals surface area contributed by atoms with Crippen LogP contribution < -0.4 is 5.73 Å². The molecule has 1 rings (SSSR count). The van der Waals surface area contributed by atoms with Gasteiger partial charge in [0.1, 0.15) is 13.2 Å². The fraction of sp³-hybridized carbons (Fsp3) is 0.273. The number of primary amides is 1. The molecule has 0 unspecified atom stereocenters. The van der Waals surface area contributed by atoms with Crippen molar-refractivity contribution in [3.8, 4) is 0 Å². The van der Waals surface area contributed by atoms with Crippen molar-refractivity contribution in [1.29, 1.82) is 0 Å². The number of amides is 1. The average Bonchev–Trinajstić information content (AvgIpc) is 2.33. The quantitative estimate of drug-likeness (QED) is 0.702. The van der Waals surface area contributed by atoms with Gasteiger partial charge in [0.2, 0.25) is 0 Å². The Kier molecular flexibility index (Phi) is 4.96. The Hall–Kier alpha value is -2.08. The molecule has 3 N–H and O–H groups in total. The lowest BCUT2D eigenvalue weighted by Gasteiger charge is -2.08. The Balaban J connectivity index is 2.80. The van der Waals surface area contributed by atoms with Crippen LogP contribution in [0.25, 0.3) is 0 Å². The number of hydrogen-bond donors (Lipinski definition) is 2. The maximum Gasteiger partial charge on any atom is 0.404 e. The fourth-order valence-electron chi connectivity index (χ4n) is 1.38. The van der Waals surface area contributed by atoms with Crippen LogP contribution in [0.3, 0.4) is 0 Å². The number of aliphatic hydroxyl groups excluding tert-OH is 1. The number of carbonyl (C=O) groups is 2. The molecule has 0 radical (unpaired) electrons. The minimum Gasteiger partial charge on any atom is -0.463 e. The smallest absolute Gasteiger partial charge is 0.404 e. The standard InChI is InChI=1S/C11H13NO5/c12-11(15)17-6-10-2-8(4-13)1-9(3-10)5-16-7-14/h1-3,7,13H,4-6H2,(H2,12,15). The van der Waals surface area contributed by atoms with Crippen molar-refractivity contribution < 1.29 is 24.2 Å². The molecule has 0 aliphatic rings. The van der Waals surface area contributed by atoms with E-state index in [0.717, 1.165) is 0 Å². The van der Waals surface area contributed by atoms with Crippen LogP contribution in [0.2, 0.25) is 0 Å². The number of carbonyl (C=O) groups excluding carboxylic acids is 2. The predicted molar refractivity (Wildman–Crippen MR) is 57.6 cm³/mol. The van der Waals surface area contributed by atoms with E-state index < -0.39 is 6.09 Å². The van der Waals surface area contributed by atoms with Gasteiger partial charge in [-0.3, -0.25) is 4.79 Å². The third-order valence-corrected chi connectivity index (χ3v) is 1.99. The third-order valence-electron chi connectivity index (χ3n) is 1.99. The highest BCUT2D eigenvalue weighted by Crippen LogP contribution is 2.12. The molecular formula is C11H13NO5. The lowest BCUT2D eigenvalue weighted by atomic mass is 10.1. The van der Waals surface area contributed by atoms with Gasteiger partial charge in [-0.1, -0.05) is 12.1 Å². The van der Waals surface area contributed by atoms with Gasteiger partial charge in [0.05, 0.1) is 6.61 Å². The summed E-state index contributed by atoms with van der Waals surface area (Å²) >= 11 is 0. The fourth-order valence-corrected chi connectivity index (χ4v) is 1.38. The van der Waals surface area contributed by atoms with Crippen LogP contribution in [-0.4, -0.2) is 17.7 Å². The molecule has 0 heterocycles. The monoisotopic (exact) mass is 239 g/mol. The van der Waals surface area contributed by atoms with E-state index in [-0.39, 0.29) is 19.8 Å². The molecule has 1 aromatic carbocycles. The van der Waals surface area contributed by atoms with Crippen LogP contribution >= 0.6 is 0 Å². The van der Waals surface area contributed by atoms with Crippen molar-refractivity contribution in [2.45, 2.75) is 19.8 Å². The Morgan fingerprint density at radius 1 is 1.24 bits per heavy atom. The molecule has 0 saturated carbocycles. The van der Waals surface area contributed by atoms with Gasteiger partial charge in [-0.2, -0.15) is 0 Å². The zero-order valence-corrected chi connectivity index (χ0v) is 9.09. The summed E-state index contributed by atoms with van der Waals surface area (Å²) in [4.78, 5) is 20.5. The maximum absolute atomic E-state index is 10.5. The van der Waals surface area contributed by atoms with E-state index in [1.165, 1.54) is 0 Å². The number of rotatable bonds is 6. The summed E-state index contributed by atoms with van der Waals surface area (Å²) in [7, 11) is 0. The Morgan fingerprint density at radius 2 is 1.82 bits per heavy atom. The molecule has 0 aromatic heterocycles. The van der Waals surface area contributed by atoms with Crippen molar-refractivity contribution in [3.05, 3.63) is 34.9 Å². The van der Waals surface area contributed by atoms with E-state index in [2.05, 4.69) is 9.47 Å². The highest BCUT2D eigenvalue weighted by Gasteiger charge is 2.03. The second kappa shape index (κ2) is 6.49. The van der Waals surface area contributed by atoms with Crippen LogP contribution in [0.5, 0.6) is 0 Å². The number of aliphatic hydroxyl groups is 1. The molecule has 0 spiro atoms. The lowest BCUT2D eigenvalue weighted by molar-refractivity contribution is -0.129. The molecule has 0 fully saturated rings. The highest BCUT2D eigenvalue weighted by molar-refractivity contribution is 5.64. The molecule has 0 aliphatic carbocycles. The summed E-state index contributed by atoms with van der Waals surface area (Å²) < 4.78 is 9.24. The first-order chi connectivity index (χ1) is 8.15. The molecular weight excluding hydrogens is 226 g/mol. The van der Waals surface area contributed by atoms with Crippen molar-refractivity contribution in [2.24, 2.45) is 5.73 Å². The van der Waals surface area contributed by atoms with Crippen LogP contribution in [0.4, 0.5) is 4.79 Å². The first-order valence-corrected chi connectivity index (χ1v) is 4.85. The normalized spacial score (nSPS) is 9.71. The van der Waals surface area contributed by atoms with E-state index in [0.29, 0.717) is 23.2 Å². The van der Waals surface area contributed by atoms with E-state index in [1.807, 2.05) is 0 Å². The SMILES string of the molecule is NC(=O)OCc1cc(CO)cc(COC=O)c1. The summed E-state index contributed by atoms with van der Waals surface area (Å²) in [5, 5.41) is 9.05. The molecule has 0 atom stereocenters. The van der Waals surface area contributed by atoms with Crippen molar-refractivity contribution in [3.63, 3.8) is 0 Å². The molecule has 0 bridgehead atoms. The van der Waals surface area contributed by atoms with E-state index in [1.54, 1.807) is 18.2 Å². The summed E-state index contributed by atoms with van der Waals surface area (Å²) in [5.41, 5.74) is 6.85. The summed E-state index contributed by atoms with van der Waals surface area (Å²) in [6.07, 6.45) is -0.870. The average molecular weight is 239 g/mol. The topological polar surface area (TPSA) is 98.9 Å². The Bertz CT molecular complexity index is 405. The summed E-state index contributed by atoms with van der Waals surface area (Å²) in [5.74, 6) is 0. The van der Waals surface area contributed by atoms with Crippen molar-refractivity contribution in [2.75, 3.05) is 0 Å². The third kappa shape index (κ3) is 4.52. The molecule has 6 heteroatoms. The summed E-state index contributed by atoms with van der Waals surface area (Å²) in [6, 6.07) is 5.07. The lowest BCUT2D eigenvalue weighted by Crippen LogP contribution is -2.12. The number of hydrogen-bond acceptors (Lipinski definition) is 5. The van der Waals surface area contributed by atoms with Crippen molar-refractivity contribution >= 4 is 12.6 Å². The minimum absolute atomic E-state index is 0.0112. The number of nitrogens with two attached hydrogens (primary N) is 1. The van der Waals surface area contributed by atoms with Crippen molar-refractivity contribution in [1.82, 2.24) is 0 Å². The second-order valence-electron chi connectivity index (χ2n) is 3.33. The predicted octanol–water partition coefficient (Wildman–Crippen LogP) is 0.447. The van der Waals surface area contributed by atoms with Crippen LogP contribution in [-0.2, 0) is 34.1 Å². The Labute approximate surface area is 97.9 Å². The van der Waals surface area contributed by atoms with Gasteiger partial charge in [-0.05, 0) is 22.8 Å². The second-order valence-corrected chi connectivity index (χ2v) is 3.33. The van der Waals surface area contributed by atoms with Crippen LogP contribution in [0.1, 0.15) is 16.7 Å². The molecule has 1 aromatic rings. The van der Waals surface area contributed by atoms with Gasteiger partial charge in [-0.15, -0.1) is 0 Å². The number of ether oxygens (including phenoxy) is 2. The van der Waals surface area contributed by atoms with E-state index in [4.69, 9.17) is 10.8 Å². The van der Waals surface area contributed by atoms with Gasteiger partial charge >= 0.3 is 6.09 Å². The molecule has 92 valence electrons. The Morgan fingerprint density at radius 3 is 2.35 bits per heavy atom. The molecule has 6 nitrogen and oxygen atoms in total. The minimum atomic E-state index is -0.870. The number of benzene rings is 1. The van der Waals surface area contributed by atoms with Gasteiger partial charge < -0.3 is 20.3 Å². The first-order valence-electron chi connectivity index (χ1n) is 4.85. The molecule has 1 amide bonds. The largest absolute Gasteiger partial charge is 0.463 e. The molecule has 0 saturated heterocycles. The summed E-state index contributed by atoms with van der Waals surface area (Å²) in [6.45, 7) is 0.294. The highest BCUT2D eigenvalue weighted by atomic mass is 16.5. The zero-order chi connectivity index (χ0) is 12.7. The van der Waals surface area contributed by atoms with Gasteiger partial charge in [0.15, 0.2) is 0 Å². The molecule has 0 aliphatic heterocycles. The maximum atomic E-state index is 10.5. The van der Waals surface area contributed by atoms with Crippen LogP contribution in [0.15, 0.2) is 18.2 Å². The van der Waals surface area contributed by atoms with E-state index in [9.17, 15) is 9.59 Å². The van der Waals surface area contributed by atoms with E-state index >= 15 is 0 Å². The van der Waals surface area contributed by atoms with Gasteiger partial charge in [0.25, 0.3) is 6.47 Å². The molecule has 17 heavy (non-hydrogen) atoms. The zero-order valence-electron chi connectivity index (χ0n) is 9.09. The van der Waals surface area contributed by atoms with Gasteiger partial charge in [-0.25, -0.2) is 4.79 Å².